The van der Waals surface area contributed by atoms with Crippen LogP contribution in [0.5, 0.6) is 0 Å². The standard InChI is InChI=1S/C21H19N3O5/c1-2-22-21(28)24-19(26)18(13-8-4-3-5-9-13)29-20(27)16-12-17(25)14-10-6-7-11-15(14)23-16/h3-12,18H,2H2,1H3,(H,23,25)(H2,22,24,26,28)/t18-/m1/s1. The molecule has 148 valence electrons. The monoisotopic (exact) mass is 393 g/mol. The molecule has 0 radical (unpaired) electrons. The lowest BCUT2D eigenvalue weighted by atomic mass is 10.1. The number of fused-ring (bicyclic) bond motifs is 1. The van der Waals surface area contributed by atoms with Crippen molar-refractivity contribution < 1.29 is 19.1 Å². The smallest absolute Gasteiger partial charge is 0.356 e. The lowest BCUT2D eigenvalue weighted by molar-refractivity contribution is -0.129. The maximum Gasteiger partial charge on any atom is 0.356 e. The third-order valence-electron chi connectivity index (χ3n) is 4.10. The van der Waals surface area contributed by atoms with E-state index in [1.807, 2.05) is 0 Å². The van der Waals surface area contributed by atoms with Crippen LogP contribution in [0.2, 0.25) is 0 Å². The van der Waals surface area contributed by atoms with E-state index in [1.54, 1.807) is 61.5 Å². The van der Waals surface area contributed by atoms with E-state index in [9.17, 15) is 19.2 Å². The zero-order valence-electron chi connectivity index (χ0n) is 15.6. The van der Waals surface area contributed by atoms with Crippen LogP contribution in [-0.2, 0) is 9.53 Å². The maximum atomic E-state index is 12.7. The fourth-order valence-corrected chi connectivity index (χ4v) is 2.76. The Bertz CT molecular complexity index is 1110. The molecule has 3 N–H and O–H groups in total. The number of rotatable bonds is 5. The molecule has 0 unspecified atom stereocenters. The summed E-state index contributed by atoms with van der Waals surface area (Å²) < 4.78 is 5.37. The summed E-state index contributed by atoms with van der Waals surface area (Å²) in [4.78, 5) is 52.0. The number of hydrogen-bond acceptors (Lipinski definition) is 5. The SMILES string of the molecule is CCNC(=O)NC(=O)[C@H](OC(=O)c1cc(=O)c2ccccc2[nH]1)c1ccccc1. The summed E-state index contributed by atoms with van der Waals surface area (Å²) in [5.41, 5.74) is 0.399. The number of aromatic amines is 1. The summed E-state index contributed by atoms with van der Waals surface area (Å²) in [6.07, 6.45) is -1.37. The molecule has 1 atom stereocenters. The topological polar surface area (TPSA) is 117 Å². The van der Waals surface area contributed by atoms with E-state index >= 15 is 0 Å². The van der Waals surface area contributed by atoms with E-state index in [2.05, 4.69) is 15.6 Å². The first-order chi connectivity index (χ1) is 14.0. The third-order valence-corrected chi connectivity index (χ3v) is 4.10. The van der Waals surface area contributed by atoms with Gasteiger partial charge in [-0.2, -0.15) is 0 Å². The molecule has 1 aromatic heterocycles. The Hall–Kier alpha value is -3.94. The molecule has 0 saturated carbocycles. The number of urea groups is 1. The second-order valence-electron chi connectivity index (χ2n) is 6.14. The van der Waals surface area contributed by atoms with Crippen molar-refractivity contribution in [2.45, 2.75) is 13.0 Å². The first-order valence-corrected chi connectivity index (χ1v) is 8.96. The Morgan fingerprint density at radius 3 is 2.45 bits per heavy atom. The van der Waals surface area contributed by atoms with Gasteiger partial charge in [-0.15, -0.1) is 0 Å². The highest BCUT2D eigenvalue weighted by Gasteiger charge is 2.27. The first kappa shape index (κ1) is 19.8. The summed E-state index contributed by atoms with van der Waals surface area (Å²) in [5, 5.41) is 5.00. The van der Waals surface area contributed by atoms with E-state index in [1.165, 1.54) is 0 Å². The molecule has 3 amide bonds. The summed E-state index contributed by atoms with van der Waals surface area (Å²) in [6, 6.07) is 15.4. The van der Waals surface area contributed by atoms with E-state index < -0.39 is 24.0 Å². The van der Waals surface area contributed by atoms with Gasteiger partial charge in [0.1, 0.15) is 5.69 Å². The third kappa shape index (κ3) is 4.67. The van der Waals surface area contributed by atoms with Crippen molar-refractivity contribution in [1.82, 2.24) is 15.6 Å². The Morgan fingerprint density at radius 1 is 1.03 bits per heavy atom. The van der Waals surface area contributed by atoms with Crippen molar-refractivity contribution in [1.29, 1.82) is 0 Å². The average Bonchev–Trinajstić information content (AvgIpc) is 2.72. The largest absolute Gasteiger partial charge is 0.443 e. The van der Waals surface area contributed by atoms with Crippen molar-refractivity contribution in [3.8, 4) is 0 Å². The number of H-pyrrole nitrogens is 1. The maximum absolute atomic E-state index is 12.7. The van der Waals surface area contributed by atoms with Crippen LogP contribution < -0.4 is 16.1 Å². The Balaban J connectivity index is 1.89. The molecular formula is C21H19N3O5. The molecule has 0 spiro atoms. The first-order valence-electron chi connectivity index (χ1n) is 8.96. The number of esters is 1. The molecule has 1 heterocycles. The highest BCUT2D eigenvalue weighted by molar-refractivity contribution is 5.99. The number of para-hydroxylation sites is 1. The molecule has 8 nitrogen and oxygen atoms in total. The van der Waals surface area contributed by atoms with Crippen LogP contribution in [0.15, 0.2) is 65.5 Å². The molecule has 3 aromatic rings. The molecule has 0 aliphatic heterocycles. The van der Waals surface area contributed by atoms with Crippen LogP contribution in [0.25, 0.3) is 10.9 Å². The van der Waals surface area contributed by atoms with E-state index in [0.29, 0.717) is 23.0 Å². The summed E-state index contributed by atoms with van der Waals surface area (Å²) >= 11 is 0. The zero-order chi connectivity index (χ0) is 20.8. The van der Waals surface area contributed by atoms with E-state index in [4.69, 9.17) is 4.74 Å². The molecule has 0 aliphatic rings. The van der Waals surface area contributed by atoms with Gasteiger partial charge in [-0.25, -0.2) is 9.59 Å². The number of benzene rings is 2. The van der Waals surface area contributed by atoms with E-state index in [0.717, 1.165) is 6.07 Å². The lowest BCUT2D eigenvalue weighted by Gasteiger charge is -2.17. The number of nitrogens with one attached hydrogen (secondary N) is 3. The van der Waals surface area contributed by atoms with Crippen LogP contribution in [-0.4, -0.2) is 29.4 Å². The van der Waals surface area contributed by atoms with Crippen molar-refractivity contribution in [3.05, 3.63) is 82.1 Å². The van der Waals surface area contributed by atoms with Gasteiger partial charge >= 0.3 is 12.0 Å². The molecule has 2 aromatic carbocycles. The molecule has 0 saturated heterocycles. The molecular weight excluding hydrogens is 374 g/mol. The minimum absolute atomic E-state index is 0.0968. The lowest BCUT2D eigenvalue weighted by Crippen LogP contribution is -2.42. The predicted octanol–water partition coefficient (Wildman–Crippen LogP) is 2.27. The van der Waals surface area contributed by atoms with Crippen LogP contribution in [0.3, 0.4) is 0 Å². The van der Waals surface area contributed by atoms with Crippen LogP contribution in [0, 0.1) is 0 Å². The summed E-state index contributed by atoms with van der Waals surface area (Å²) in [6.45, 7) is 2.03. The number of pyridine rings is 1. The van der Waals surface area contributed by atoms with Gasteiger partial charge in [0, 0.05) is 29.1 Å². The molecule has 29 heavy (non-hydrogen) atoms. The molecule has 0 fully saturated rings. The number of imide groups is 1. The van der Waals surface area contributed by atoms with Gasteiger partial charge in [-0.05, 0) is 19.1 Å². The van der Waals surface area contributed by atoms with Gasteiger partial charge in [-0.1, -0.05) is 42.5 Å². The summed E-state index contributed by atoms with van der Waals surface area (Å²) in [5.74, 6) is -1.70. The normalized spacial score (nSPS) is 11.5. The van der Waals surface area contributed by atoms with E-state index in [-0.39, 0.29) is 11.1 Å². The van der Waals surface area contributed by atoms with Gasteiger partial charge in [0.2, 0.25) is 6.10 Å². The van der Waals surface area contributed by atoms with Gasteiger partial charge in [0.15, 0.2) is 5.43 Å². The fourth-order valence-electron chi connectivity index (χ4n) is 2.76. The van der Waals surface area contributed by atoms with Crippen LogP contribution in [0.4, 0.5) is 4.79 Å². The van der Waals surface area contributed by atoms with Crippen molar-refractivity contribution in [3.63, 3.8) is 0 Å². The zero-order valence-corrected chi connectivity index (χ0v) is 15.6. The minimum atomic E-state index is -1.37. The highest BCUT2D eigenvalue weighted by Crippen LogP contribution is 2.19. The van der Waals surface area contributed by atoms with Gasteiger partial charge in [0.25, 0.3) is 5.91 Å². The van der Waals surface area contributed by atoms with Crippen LogP contribution in [0.1, 0.15) is 29.1 Å². The number of carbonyl (C=O) groups excluding carboxylic acids is 3. The molecule has 8 heteroatoms. The fraction of sp³-hybridized carbons (Fsp3) is 0.143. The Morgan fingerprint density at radius 2 is 1.72 bits per heavy atom. The number of hydrogen-bond donors (Lipinski definition) is 3. The number of ether oxygens (including phenoxy) is 1. The van der Waals surface area contributed by atoms with Gasteiger partial charge in [-0.3, -0.25) is 14.9 Å². The summed E-state index contributed by atoms with van der Waals surface area (Å²) in [7, 11) is 0. The van der Waals surface area contributed by atoms with Crippen LogP contribution >= 0.6 is 0 Å². The average molecular weight is 393 g/mol. The van der Waals surface area contributed by atoms with Gasteiger partial charge < -0.3 is 15.0 Å². The quantitative estimate of drug-likeness (QED) is 0.575. The number of amides is 3. The highest BCUT2D eigenvalue weighted by atomic mass is 16.5. The van der Waals surface area contributed by atoms with Crippen molar-refractivity contribution in [2.75, 3.05) is 6.54 Å². The molecule has 3 rings (SSSR count). The van der Waals surface area contributed by atoms with Crippen molar-refractivity contribution in [2.24, 2.45) is 0 Å². The Kier molecular flexibility index (Phi) is 6.03. The Labute approximate surface area is 165 Å². The van der Waals surface area contributed by atoms with Gasteiger partial charge in [0.05, 0.1) is 0 Å². The predicted molar refractivity (Wildman–Crippen MR) is 106 cm³/mol. The molecule has 0 aliphatic carbocycles. The molecule has 0 bridgehead atoms. The minimum Gasteiger partial charge on any atom is -0.443 e. The second kappa shape index (κ2) is 8.83. The second-order valence-corrected chi connectivity index (χ2v) is 6.14. The number of carbonyl (C=O) groups is 3. The van der Waals surface area contributed by atoms with Crippen molar-refractivity contribution >= 4 is 28.8 Å². The number of aromatic nitrogens is 1.